The number of hydrogen-bond acceptors (Lipinski definition) is 6. The number of fused-ring (bicyclic) bond motifs is 2. The standard InChI is InChI=1S/C24H16I4O6.Na/c1-24(2,3)34-33-23(31)11-7-5-4-6-10(11)16-12-8-14(25)19(29)17(27)21(12)32-22-13(16)9-15(26)20(30)18(22)28;/h4-9,29H,1-3H3;/q;+1/p-1. The summed E-state index contributed by atoms with van der Waals surface area (Å²) in [5.41, 5.74) is 1.72. The molecule has 35 heavy (non-hydrogen) atoms. The molecule has 0 amide bonds. The summed E-state index contributed by atoms with van der Waals surface area (Å²) in [6.07, 6.45) is 0. The van der Waals surface area contributed by atoms with Gasteiger partial charge in [-0.3, -0.25) is 9.68 Å². The molecule has 0 N–H and O–H groups in total. The zero-order valence-electron chi connectivity index (χ0n) is 18.9. The van der Waals surface area contributed by atoms with Crippen LogP contribution in [-0.4, -0.2) is 11.6 Å². The Labute approximate surface area is 278 Å². The first-order valence-electron chi connectivity index (χ1n) is 9.83. The normalized spacial score (nSPS) is 11.5. The maximum atomic E-state index is 13.1. The molecule has 2 aliphatic rings. The Hall–Kier alpha value is 0.280. The summed E-state index contributed by atoms with van der Waals surface area (Å²) in [5, 5.41) is 13.4. The molecule has 0 saturated heterocycles. The van der Waals surface area contributed by atoms with Crippen molar-refractivity contribution < 1.29 is 53.7 Å². The SMILES string of the molecule is CC(C)(C)OOC(=O)c1ccccc1-c1c2cc(I)c(=O)c(I)c-2oc2c(I)c([O-])c(I)cc12.[Na+]. The fraction of sp³-hybridized carbons (Fsp3) is 0.167. The molecule has 0 unspecified atom stereocenters. The number of halogens is 4. The van der Waals surface area contributed by atoms with E-state index < -0.39 is 11.6 Å². The monoisotopic (exact) mass is 930 g/mol. The number of rotatable bonds is 3. The Bertz CT molecular complexity index is 1490. The third-order valence-corrected chi connectivity index (χ3v) is 8.35. The van der Waals surface area contributed by atoms with Crippen LogP contribution in [0.15, 0.2) is 45.6 Å². The molecule has 1 aliphatic carbocycles. The number of carbonyl (C=O) groups excluding carboxylic acids is 1. The zero-order chi connectivity index (χ0) is 24.9. The van der Waals surface area contributed by atoms with Gasteiger partial charge >= 0.3 is 35.5 Å². The van der Waals surface area contributed by atoms with E-state index in [1.807, 2.05) is 96.4 Å². The van der Waals surface area contributed by atoms with Crippen LogP contribution in [0.1, 0.15) is 31.1 Å². The Morgan fingerprint density at radius 1 is 0.971 bits per heavy atom. The molecule has 2 aromatic carbocycles. The fourth-order valence-electron chi connectivity index (χ4n) is 3.36. The van der Waals surface area contributed by atoms with E-state index in [2.05, 4.69) is 0 Å². The van der Waals surface area contributed by atoms with E-state index in [1.165, 1.54) is 0 Å². The van der Waals surface area contributed by atoms with Gasteiger partial charge < -0.3 is 9.52 Å². The van der Waals surface area contributed by atoms with Crippen molar-refractivity contribution in [1.82, 2.24) is 0 Å². The molecular formula is C24H15I4NaO6. The van der Waals surface area contributed by atoms with Gasteiger partial charge in [0.1, 0.15) is 14.8 Å². The Kier molecular flexibility index (Phi) is 9.86. The number of hydrogen-bond donors (Lipinski definition) is 0. The Balaban J connectivity index is 0.00000342. The number of carbonyl (C=O) groups is 1. The van der Waals surface area contributed by atoms with Gasteiger partial charge in [-0.25, -0.2) is 4.79 Å². The predicted octanol–water partition coefficient (Wildman–Crippen LogP) is 3.95. The van der Waals surface area contributed by atoms with Crippen molar-refractivity contribution in [3.63, 3.8) is 0 Å². The molecule has 1 heterocycles. The molecule has 2 aromatic rings. The van der Waals surface area contributed by atoms with Crippen LogP contribution >= 0.6 is 90.4 Å². The first-order chi connectivity index (χ1) is 15.9. The molecule has 0 bridgehead atoms. The van der Waals surface area contributed by atoms with Gasteiger partial charge in [0, 0.05) is 23.7 Å². The van der Waals surface area contributed by atoms with Crippen LogP contribution < -0.4 is 40.1 Å². The third kappa shape index (κ3) is 5.98. The van der Waals surface area contributed by atoms with Crippen LogP contribution in [0.3, 0.4) is 0 Å². The summed E-state index contributed by atoms with van der Waals surface area (Å²) in [6.45, 7) is 5.34. The van der Waals surface area contributed by atoms with Gasteiger partial charge in [0.15, 0.2) is 5.76 Å². The minimum Gasteiger partial charge on any atom is -0.871 e. The van der Waals surface area contributed by atoms with Crippen LogP contribution in [-0.2, 0) is 9.78 Å². The van der Waals surface area contributed by atoms with Gasteiger partial charge in [0.2, 0.25) is 5.43 Å². The molecule has 0 aromatic heterocycles. The van der Waals surface area contributed by atoms with Crippen molar-refractivity contribution in [1.29, 1.82) is 0 Å². The molecule has 1 aliphatic heterocycles. The maximum Gasteiger partial charge on any atom is 1.00 e. The van der Waals surface area contributed by atoms with E-state index in [0.29, 0.717) is 47.7 Å². The third-order valence-electron chi connectivity index (χ3n) is 4.79. The second-order valence-corrected chi connectivity index (χ2v) is 12.8. The molecule has 11 heteroatoms. The molecule has 0 spiro atoms. The number of benzene rings is 3. The van der Waals surface area contributed by atoms with E-state index in [-0.39, 0.29) is 46.3 Å². The quantitative estimate of drug-likeness (QED) is 0.102. The average molecular weight is 930 g/mol. The Morgan fingerprint density at radius 2 is 1.63 bits per heavy atom. The summed E-state index contributed by atoms with van der Waals surface area (Å²) in [4.78, 5) is 36.2. The van der Waals surface area contributed by atoms with Crippen molar-refractivity contribution in [2.24, 2.45) is 0 Å². The first-order valence-corrected chi connectivity index (χ1v) is 14.1. The van der Waals surface area contributed by atoms with Crippen molar-refractivity contribution in [2.75, 3.05) is 0 Å². The molecule has 176 valence electrons. The van der Waals surface area contributed by atoms with Gasteiger partial charge in [-0.15, -0.1) is 0 Å². The second-order valence-electron chi connectivity index (χ2n) is 8.35. The molecular weight excluding hydrogens is 915 g/mol. The zero-order valence-corrected chi connectivity index (χ0v) is 29.6. The fourth-order valence-corrected chi connectivity index (χ4v) is 6.94. The summed E-state index contributed by atoms with van der Waals surface area (Å²) < 4.78 is 8.02. The van der Waals surface area contributed by atoms with Crippen LogP contribution in [0.2, 0.25) is 0 Å². The van der Waals surface area contributed by atoms with Crippen LogP contribution in [0, 0.1) is 14.3 Å². The Morgan fingerprint density at radius 3 is 2.29 bits per heavy atom. The molecule has 4 rings (SSSR count). The van der Waals surface area contributed by atoms with E-state index in [0.717, 1.165) is 0 Å². The van der Waals surface area contributed by atoms with Crippen molar-refractivity contribution >= 4 is 107 Å². The minimum absolute atomic E-state index is 0. The van der Waals surface area contributed by atoms with Gasteiger partial charge in [0.05, 0.1) is 9.13 Å². The summed E-state index contributed by atoms with van der Waals surface area (Å²) in [7, 11) is 0. The van der Waals surface area contributed by atoms with E-state index in [4.69, 9.17) is 14.2 Å². The minimum atomic E-state index is -0.677. The predicted molar refractivity (Wildman–Crippen MR) is 161 cm³/mol. The van der Waals surface area contributed by atoms with E-state index in [9.17, 15) is 14.7 Å². The van der Waals surface area contributed by atoms with Crippen LogP contribution in [0.5, 0.6) is 5.75 Å². The topological polar surface area (TPSA) is 88.8 Å². The summed E-state index contributed by atoms with van der Waals surface area (Å²) in [6, 6.07) is 10.5. The largest absolute Gasteiger partial charge is 1.00 e. The van der Waals surface area contributed by atoms with E-state index >= 15 is 0 Å². The van der Waals surface area contributed by atoms with Gasteiger partial charge in [-0.2, -0.15) is 4.89 Å². The first kappa shape index (κ1) is 29.8. The molecule has 0 fully saturated rings. The van der Waals surface area contributed by atoms with Gasteiger partial charge in [-0.05, 0) is 135 Å². The van der Waals surface area contributed by atoms with Crippen molar-refractivity contribution in [2.45, 2.75) is 26.4 Å². The molecule has 0 saturated carbocycles. The van der Waals surface area contributed by atoms with Crippen molar-refractivity contribution in [3.05, 3.63) is 66.5 Å². The summed E-state index contributed by atoms with van der Waals surface area (Å²) >= 11 is 7.92. The molecule has 6 nitrogen and oxygen atoms in total. The van der Waals surface area contributed by atoms with Gasteiger partial charge in [0.25, 0.3) is 0 Å². The maximum absolute atomic E-state index is 13.1. The van der Waals surface area contributed by atoms with E-state index in [1.54, 1.807) is 51.1 Å². The van der Waals surface area contributed by atoms with Crippen LogP contribution in [0.25, 0.3) is 33.4 Å². The smallest absolute Gasteiger partial charge is 0.871 e. The van der Waals surface area contributed by atoms with Crippen molar-refractivity contribution in [3.8, 4) is 28.2 Å². The van der Waals surface area contributed by atoms with Crippen LogP contribution in [0.4, 0.5) is 0 Å². The molecule has 0 radical (unpaired) electrons. The second kappa shape index (κ2) is 11.6. The average Bonchev–Trinajstić information content (AvgIpc) is 2.78. The van der Waals surface area contributed by atoms with Gasteiger partial charge in [-0.1, -0.05) is 23.9 Å². The molecule has 0 atom stereocenters. The summed E-state index contributed by atoms with van der Waals surface area (Å²) in [5.74, 6) is -0.444.